The van der Waals surface area contributed by atoms with Gasteiger partial charge in [-0.1, -0.05) is 54.6 Å². The molecule has 0 spiro atoms. The van der Waals surface area contributed by atoms with Gasteiger partial charge < -0.3 is 15.5 Å². The van der Waals surface area contributed by atoms with Gasteiger partial charge in [0.25, 0.3) is 5.91 Å². The minimum atomic E-state index is -0.204. The third-order valence-electron chi connectivity index (χ3n) is 4.98. The molecule has 3 aromatic rings. The highest BCUT2D eigenvalue weighted by Gasteiger charge is 2.17. The largest absolute Gasteiger partial charge is 0.350 e. The lowest BCUT2D eigenvalue weighted by molar-refractivity contribution is -0.114. The van der Waals surface area contributed by atoms with Gasteiger partial charge in [-0.25, -0.2) is 0 Å². The van der Waals surface area contributed by atoms with Crippen LogP contribution in [0.4, 0.5) is 5.69 Å². The molecule has 0 saturated carbocycles. The lowest BCUT2D eigenvalue weighted by Crippen LogP contribution is -2.41. The minimum Gasteiger partial charge on any atom is -0.350 e. The van der Waals surface area contributed by atoms with Crippen LogP contribution in [-0.2, 0) is 11.2 Å². The van der Waals surface area contributed by atoms with Gasteiger partial charge in [-0.15, -0.1) is 0 Å². The second-order valence-corrected chi connectivity index (χ2v) is 7.44. The van der Waals surface area contributed by atoms with Crippen LogP contribution >= 0.6 is 0 Å². The molecule has 0 radical (unpaired) electrons. The van der Waals surface area contributed by atoms with Gasteiger partial charge in [-0.05, 0) is 49.0 Å². The summed E-state index contributed by atoms with van der Waals surface area (Å²) in [5.41, 5.74) is 2.22. The van der Waals surface area contributed by atoms with E-state index in [0.29, 0.717) is 17.8 Å². The molecule has 0 heterocycles. The van der Waals surface area contributed by atoms with Gasteiger partial charge in [-0.3, -0.25) is 9.59 Å². The summed E-state index contributed by atoms with van der Waals surface area (Å²) in [7, 11) is 4.02. The first-order valence-corrected chi connectivity index (χ1v) is 9.73. The molecule has 1 unspecified atom stereocenters. The predicted octanol–water partition coefficient (Wildman–Crippen LogP) is 3.70. The molecule has 0 aliphatic heterocycles. The Morgan fingerprint density at radius 1 is 0.931 bits per heavy atom. The van der Waals surface area contributed by atoms with Crippen molar-refractivity contribution in [1.82, 2.24) is 10.2 Å². The average Bonchev–Trinajstić information content (AvgIpc) is 2.70. The molecule has 5 heteroatoms. The van der Waals surface area contributed by atoms with E-state index in [4.69, 9.17) is 0 Å². The van der Waals surface area contributed by atoms with Crippen molar-refractivity contribution in [3.63, 3.8) is 0 Å². The fourth-order valence-corrected chi connectivity index (χ4v) is 3.35. The maximum atomic E-state index is 13.0. The maximum absolute atomic E-state index is 13.0. The molecule has 2 amide bonds. The van der Waals surface area contributed by atoms with E-state index in [9.17, 15) is 9.59 Å². The number of likely N-dealkylation sites (N-methyl/N-ethyl adjacent to an activating group) is 1. The fraction of sp³-hybridized carbons (Fsp3) is 0.250. The van der Waals surface area contributed by atoms with Crippen LogP contribution in [0.2, 0.25) is 0 Å². The zero-order valence-electron chi connectivity index (χ0n) is 17.1. The maximum Gasteiger partial charge on any atom is 0.253 e. The number of rotatable bonds is 7. The summed E-state index contributed by atoms with van der Waals surface area (Å²) in [4.78, 5) is 26.7. The van der Waals surface area contributed by atoms with Crippen LogP contribution in [0, 0.1) is 0 Å². The summed E-state index contributed by atoms with van der Waals surface area (Å²) in [6.07, 6.45) is 0.838. The van der Waals surface area contributed by atoms with E-state index in [-0.39, 0.29) is 17.9 Å². The fourth-order valence-electron chi connectivity index (χ4n) is 3.35. The van der Waals surface area contributed by atoms with Crippen molar-refractivity contribution in [1.29, 1.82) is 0 Å². The summed E-state index contributed by atoms with van der Waals surface area (Å²) in [6.45, 7) is 1.95. The van der Waals surface area contributed by atoms with Crippen LogP contribution in [0.15, 0.2) is 66.7 Å². The van der Waals surface area contributed by atoms with Crippen LogP contribution in [0.3, 0.4) is 0 Å². The number of nitrogens with zero attached hydrogens (tertiary/aromatic N) is 1. The van der Waals surface area contributed by atoms with Gasteiger partial charge in [-0.2, -0.15) is 0 Å². The quantitative estimate of drug-likeness (QED) is 0.648. The highest BCUT2D eigenvalue weighted by atomic mass is 16.2. The molecule has 0 fully saturated rings. The average molecular weight is 389 g/mol. The minimum absolute atomic E-state index is 0.158. The van der Waals surface area contributed by atoms with Crippen molar-refractivity contribution >= 4 is 28.3 Å². The van der Waals surface area contributed by atoms with E-state index >= 15 is 0 Å². The van der Waals surface area contributed by atoms with Crippen molar-refractivity contribution in [2.24, 2.45) is 0 Å². The Labute approximate surface area is 171 Å². The van der Waals surface area contributed by atoms with E-state index in [1.165, 1.54) is 12.5 Å². The molecular weight excluding hydrogens is 362 g/mol. The summed E-state index contributed by atoms with van der Waals surface area (Å²) in [5.74, 6) is -0.399. The Kier molecular flexibility index (Phi) is 6.62. The number of nitrogens with one attached hydrogen (secondary N) is 2. The lowest BCUT2D eigenvalue weighted by atomic mass is 10.0. The number of hydrogen-bond donors (Lipinski definition) is 2. The van der Waals surface area contributed by atoms with E-state index in [1.54, 1.807) is 0 Å². The topological polar surface area (TPSA) is 61.4 Å². The van der Waals surface area contributed by atoms with Crippen molar-refractivity contribution in [2.45, 2.75) is 19.4 Å². The monoisotopic (exact) mass is 389 g/mol. The van der Waals surface area contributed by atoms with Gasteiger partial charge in [0.15, 0.2) is 0 Å². The molecule has 0 saturated heterocycles. The molecule has 3 rings (SSSR count). The van der Waals surface area contributed by atoms with Gasteiger partial charge in [0, 0.05) is 19.5 Å². The second kappa shape index (κ2) is 9.34. The Morgan fingerprint density at radius 2 is 1.55 bits per heavy atom. The number of anilines is 1. The third-order valence-corrected chi connectivity index (χ3v) is 4.98. The summed E-state index contributed by atoms with van der Waals surface area (Å²) < 4.78 is 0. The SMILES string of the molecule is CC(=O)Nc1cc2ccccc2cc1C(=O)NCC(Cc1ccccc1)N(C)C. The molecule has 2 N–H and O–H groups in total. The lowest BCUT2D eigenvalue weighted by Gasteiger charge is -2.25. The van der Waals surface area contributed by atoms with Crippen molar-refractivity contribution < 1.29 is 9.59 Å². The van der Waals surface area contributed by atoms with E-state index in [1.807, 2.05) is 68.7 Å². The molecule has 29 heavy (non-hydrogen) atoms. The first-order valence-electron chi connectivity index (χ1n) is 9.73. The van der Waals surface area contributed by atoms with Gasteiger partial charge in [0.1, 0.15) is 0 Å². The van der Waals surface area contributed by atoms with Crippen molar-refractivity contribution in [3.05, 3.63) is 77.9 Å². The molecular formula is C24H27N3O2. The molecule has 150 valence electrons. The number of carbonyl (C=O) groups is 2. The van der Waals surface area contributed by atoms with E-state index in [0.717, 1.165) is 17.2 Å². The molecule has 0 aromatic heterocycles. The first kappa shape index (κ1) is 20.6. The van der Waals surface area contributed by atoms with Crippen molar-refractivity contribution in [2.75, 3.05) is 26.0 Å². The Balaban J connectivity index is 1.79. The predicted molar refractivity (Wildman–Crippen MR) is 118 cm³/mol. The number of amides is 2. The van der Waals surface area contributed by atoms with E-state index in [2.05, 4.69) is 27.7 Å². The van der Waals surface area contributed by atoms with Crippen molar-refractivity contribution in [3.8, 4) is 0 Å². The number of benzene rings is 3. The summed E-state index contributed by atoms with van der Waals surface area (Å²) >= 11 is 0. The standard InChI is InChI=1S/C24H27N3O2/c1-17(28)26-23-15-20-12-8-7-11-19(20)14-22(23)24(29)25-16-21(27(2)3)13-18-9-5-4-6-10-18/h4-12,14-15,21H,13,16H2,1-3H3,(H,25,29)(H,26,28). The Hall–Kier alpha value is -3.18. The third kappa shape index (κ3) is 5.42. The second-order valence-electron chi connectivity index (χ2n) is 7.44. The number of fused-ring (bicyclic) bond motifs is 1. The Morgan fingerprint density at radius 3 is 2.17 bits per heavy atom. The molecule has 0 bridgehead atoms. The van der Waals surface area contributed by atoms with Crippen LogP contribution in [-0.4, -0.2) is 43.4 Å². The van der Waals surface area contributed by atoms with Gasteiger partial charge in [0.05, 0.1) is 11.3 Å². The summed E-state index contributed by atoms with van der Waals surface area (Å²) in [6, 6.07) is 21.9. The van der Waals surface area contributed by atoms with Gasteiger partial charge in [0.2, 0.25) is 5.91 Å². The normalized spacial score (nSPS) is 12.0. The molecule has 1 atom stereocenters. The zero-order valence-corrected chi connectivity index (χ0v) is 17.1. The number of carbonyl (C=O) groups excluding carboxylic acids is 2. The van der Waals surface area contributed by atoms with Crippen LogP contribution in [0.5, 0.6) is 0 Å². The number of hydrogen-bond acceptors (Lipinski definition) is 3. The van der Waals surface area contributed by atoms with Gasteiger partial charge >= 0.3 is 0 Å². The summed E-state index contributed by atoms with van der Waals surface area (Å²) in [5, 5.41) is 7.77. The molecule has 0 aliphatic rings. The molecule has 3 aromatic carbocycles. The highest BCUT2D eigenvalue weighted by molar-refractivity contribution is 6.07. The molecule has 5 nitrogen and oxygen atoms in total. The van der Waals surface area contributed by atoms with Crippen LogP contribution < -0.4 is 10.6 Å². The smallest absolute Gasteiger partial charge is 0.253 e. The van der Waals surface area contributed by atoms with Crippen LogP contribution in [0.25, 0.3) is 10.8 Å². The zero-order chi connectivity index (χ0) is 20.8. The van der Waals surface area contributed by atoms with Crippen LogP contribution in [0.1, 0.15) is 22.8 Å². The first-order chi connectivity index (χ1) is 13.9. The Bertz CT molecular complexity index is 999. The highest BCUT2D eigenvalue weighted by Crippen LogP contribution is 2.24. The van der Waals surface area contributed by atoms with E-state index < -0.39 is 0 Å². The molecule has 0 aliphatic carbocycles.